The molecule has 1 rings (SSSR count). The van der Waals surface area contributed by atoms with Crippen molar-refractivity contribution in [3.63, 3.8) is 0 Å². The van der Waals surface area contributed by atoms with Crippen LogP contribution in [0.5, 0.6) is 0 Å². The van der Waals surface area contributed by atoms with E-state index in [4.69, 9.17) is 5.11 Å². The van der Waals surface area contributed by atoms with Crippen molar-refractivity contribution in [2.75, 3.05) is 26.2 Å². The Morgan fingerprint density at radius 2 is 2.17 bits per heavy atom. The van der Waals surface area contributed by atoms with E-state index in [0.717, 1.165) is 38.9 Å². The summed E-state index contributed by atoms with van der Waals surface area (Å²) in [4.78, 5) is 14.1. The normalized spacial score (nSPS) is 24.6. The Hall–Kier alpha value is -0.610. The number of nitrogens with zero attached hydrogens (tertiary/aromatic N) is 1. The minimum Gasteiger partial charge on any atom is -0.396 e. The zero-order valence-electron chi connectivity index (χ0n) is 12.0. The fraction of sp³-hybridized carbons (Fsp3) is 0.929. The van der Waals surface area contributed by atoms with Crippen LogP contribution in [0, 0.1) is 11.8 Å². The first-order valence-electron chi connectivity index (χ1n) is 7.21. The van der Waals surface area contributed by atoms with Crippen LogP contribution in [0.25, 0.3) is 0 Å². The van der Waals surface area contributed by atoms with Crippen molar-refractivity contribution in [3.05, 3.63) is 0 Å². The lowest BCUT2D eigenvalue weighted by Crippen LogP contribution is -2.52. The molecule has 106 valence electrons. The van der Waals surface area contributed by atoms with Gasteiger partial charge in [0.25, 0.3) is 0 Å². The summed E-state index contributed by atoms with van der Waals surface area (Å²) in [6.07, 6.45) is 2.98. The maximum atomic E-state index is 12.1. The minimum absolute atomic E-state index is 0.0599. The van der Waals surface area contributed by atoms with E-state index >= 15 is 0 Å². The maximum absolute atomic E-state index is 12.1. The molecule has 1 aliphatic rings. The number of hydrogen-bond donors (Lipinski definition) is 2. The highest BCUT2D eigenvalue weighted by Gasteiger charge is 2.30. The number of aliphatic hydroxyl groups is 1. The highest BCUT2D eigenvalue weighted by atomic mass is 16.3. The van der Waals surface area contributed by atoms with Crippen molar-refractivity contribution in [2.24, 2.45) is 11.8 Å². The first-order chi connectivity index (χ1) is 8.58. The van der Waals surface area contributed by atoms with Gasteiger partial charge in [0.1, 0.15) is 0 Å². The molecule has 4 nitrogen and oxygen atoms in total. The molecule has 0 aliphatic carbocycles. The Kier molecular flexibility index (Phi) is 6.65. The number of carbonyl (C=O) groups excluding carboxylic acids is 1. The van der Waals surface area contributed by atoms with Gasteiger partial charge in [0.05, 0.1) is 0 Å². The summed E-state index contributed by atoms with van der Waals surface area (Å²) < 4.78 is 0. The van der Waals surface area contributed by atoms with Gasteiger partial charge in [-0.05, 0) is 31.7 Å². The number of carbonyl (C=O) groups is 1. The Morgan fingerprint density at radius 1 is 1.44 bits per heavy atom. The summed E-state index contributed by atoms with van der Waals surface area (Å²) in [7, 11) is 0. The fourth-order valence-electron chi connectivity index (χ4n) is 2.64. The average molecular weight is 256 g/mol. The molecule has 18 heavy (non-hydrogen) atoms. The molecule has 1 amide bonds. The molecule has 2 N–H and O–H groups in total. The first-order valence-corrected chi connectivity index (χ1v) is 7.21. The molecule has 1 aliphatic heterocycles. The van der Waals surface area contributed by atoms with E-state index in [1.165, 1.54) is 0 Å². The zero-order chi connectivity index (χ0) is 13.5. The predicted octanol–water partition coefficient (Wildman–Crippen LogP) is 1.24. The van der Waals surface area contributed by atoms with E-state index in [0.29, 0.717) is 12.0 Å². The monoisotopic (exact) mass is 256 g/mol. The number of rotatable bonds is 6. The third-order valence-corrected chi connectivity index (χ3v) is 3.56. The molecule has 0 aromatic heterocycles. The molecule has 2 atom stereocenters. The first kappa shape index (κ1) is 15.4. The molecule has 0 aromatic rings. The van der Waals surface area contributed by atoms with Crippen molar-refractivity contribution >= 4 is 5.91 Å². The maximum Gasteiger partial charge on any atom is 0.225 e. The van der Waals surface area contributed by atoms with Crippen LogP contribution in [0.15, 0.2) is 0 Å². The van der Waals surface area contributed by atoms with Crippen molar-refractivity contribution < 1.29 is 9.90 Å². The largest absolute Gasteiger partial charge is 0.396 e. The number of nitrogens with one attached hydrogen (secondary N) is 1. The molecule has 1 saturated heterocycles. The van der Waals surface area contributed by atoms with E-state index in [2.05, 4.69) is 12.2 Å². The summed E-state index contributed by atoms with van der Waals surface area (Å²) in [5.41, 5.74) is 0. The molecule has 0 bridgehead atoms. The summed E-state index contributed by atoms with van der Waals surface area (Å²) in [6, 6.07) is 0.387. The number of likely N-dealkylation sites (tertiary alicyclic amines) is 1. The van der Waals surface area contributed by atoms with Crippen molar-refractivity contribution in [2.45, 2.75) is 46.1 Å². The number of amides is 1. The van der Waals surface area contributed by atoms with Crippen LogP contribution in [-0.2, 0) is 4.79 Å². The predicted molar refractivity (Wildman–Crippen MR) is 73.3 cm³/mol. The highest BCUT2D eigenvalue weighted by molar-refractivity contribution is 5.78. The Labute approximate surface area is 111 Å². The van der Waals surface area contributed by atoms with Crippen molar-refractivity contribution in [1.29, 1.82) is 0 Å². The molecule has 2 unspecified atom stereocenters. The average Bonchev–Trinajstić information content (AvgIpc) is 2.35. The van der Waals surface area contributed by atoms with E-state index in [1.807, 2.05) is 18.7 Å². The Bertz CT molecular complexity index is 256. The standard InChI is InChI=1S/C14H28N2O2/c1-4-6-15-13-8-12(5-7-17)9-16(10-13)14(18)11(2)3/h11-13,15,17H,4-10H2,1-3H3. The van der Waals surface area contributed by atoms with Gasteiger partial charge in [0.2, 0.25) is 5.91 Å². The SMILES string of the molecule is CCCNC1CC(CCO)CN(C(=O)C(C)C)C1. The molecule has 0 aromatic carbocycles. The lowest BCUT2D eigenvalue weighted by Gasteiger charge is -2.39. The quantitative estimate of drug-likeness (QED) is 0.752. The molecule has 0 radical (unpaired) electrons. The minimum atomic E-state index is 0.0599. The number of hydrogen-bond acceptors (Lipinski definition) is 3. The van der Waals surface area contributed by atoms with Crippen LogP contribution in [0.2, 0.25) is 0 Å². The van der Waals surface area contributed by atoms with Crippen molar-refractivity contribution in [1.82, 2.24) is 10.2 Å². The second kappa shape index (κ2) is 7.74. The van der Waals surface area contributed by atoms with Gasteiger partial charge in [-0.3, -0.25) is 4.79 Å². The van der Waals surface area contributed by atoms with Crippen LogP contribution < -0.4 is 5.32 Å². The highest BCUT2D eigenvalue weighted by Crippen LogP contribution is 2.21. The van der Waals surface area contributed by atoms with E-state index in [9.17, 15) is 4.79 Å². The van der Waals surface area contributed by atoms with Gasteiger partial charge in [0.15, 0.2) is 0 Å². The summed E-state index contributed by atoms with van der Waals surface area (Å²) >= 11 is 0. The summed E-state index contributed by atoms with van der Waals surface area (Å²) in [5.74, 6) is 0.728. The van der Waals surface area contributed by atoms with Crippen LogP contribution in [0.4, 0.5) is 0 Å². The van der Waals surface area contributed by atoms with E-state index in [1.54, 1.807) is 0 Å². The van der Waals surface area contributed by atoms with Gasteiger partial charge in [-0.2, -0.15) is 0 Å². The summed E-state index contributed by atoms with van der Waals surface area (Å²) in [6.45, 7) is 8.90. The molecule has 1 heterocycles. The third-order valence-electron chi connectivity index (χ3n) is 3.56. The van der Waals surface area contributed by atoms with Gasteiger partial charge >= 0.3 is 0 Å². The molecule has 0 saturated carbocycles. The van der Waals surface area contributed by atoms with Gasteiger partial charge in [-0.15, -0.1) is 0 Å². The Morgan fingerprint density at radius 3 is 2.72 bits per heavy atom. The van der Waals surface area contributed by atoms with Crippen molar-refractivity contribution in [3.8, 4) is 0 Å². The summed E-state index contributed by atoms with van der Waals surface area (Å²) in [5, 5.41) is 12.6. The van der Waals surface area contributed by atoms with Crippen LogP contribution in [0.1, 0.15) is 40.0 Å². The topological polar surface area (TPSA) is 52.6 Å². The smallest absolute Gasteiger partial charge is 0.225 e. The Balaban J connectivity index is 2.58. The van der Waals surface area contributed by atoms with E-state index in [-0.39, 0.29) is 18.4 Å². The van der Waals surface area contributed by atoms with Gasteiger partial charge in [-0.25, -0.2) is 0 Å². The lowest BCUT2D eigenvalue weighted by atomic mass is 9.91. The molecule has 1 fully saturated rings. The zero-order valence-corrected chi connectivity index (χ0v) is 12.0. The molecular weight excluding hydrogens is 228 g/mol. The second-order valence-corrected chi connectivity index (χ2v) is 5.66. The lowest BCUT2D eigenvalue weighted by molar-refractivity contribution is -0.137. The fourth-order valence-corrected chi connectivity index (χ4v) is 2.64. The van der Waals surface area contributed by atoms with Gasteiger partial charge in [0, 0.05) is 31.7 Å². The van der Waals surface area contributed by atoms with Crippen LogP contribution >= 0.6 is 0 Å². The molecule has 0 spiro atoms. The van der Waals surface area contributed by atoms with Gasteiger partial charge in [-0.1, -0.05) is 20.8 Å². The number of piperidine rings is 1. The molecule has 4 heteroatoms. The van der Waals surface area contributed by atoms with Gasteiger partial charge < -0.3 is 15.3 Å². The second-order valence-electron chi connectivity index (χ2n) is 5.66. The molecular formula is C14H28N2O2. The van der Waals surface area contributed by atoms with Crippen LogP contribution in [0.3, 0.4) is 0 Å². The number of aliphatic hydroxyl groups excluding tert-OH is 1. The van der Waals surface area contributed by atoms with Crippen LogP contribution in [-0.4, -0.2) is 48.2 Å². The van der Waals surface area contributed by atoms with E-state index < -0.39 is 0 Å². The third kappa shape index (κ3) is 4.58.